The second kappa shape index (κ2) is 6.96. The van der Waals surface area contributed by atoms with E-state index in [4.69, 9.17) is 5.73 Å². The van der Waals surface area contributed by atoms with E-state index < -0.39 is 22.8 Å². The van der Waals surface area contributed by atoms with Crippen LogP contribution < -0.4 is 15.8 Å². The van der Waals surface area contributed by atoms with Gasteiger partial charge in [-0.3, -0.25) is 0 Å². The smallest absolute Gasteiger partial charge is 0.397 e. The predicted molar refractivity (Wildman–Crippen MR) is 72.5 cm³/mol. The Morgan fingerprint density at radius 1 is 1.33 bits per heavy atom. The molecule has 0 fully saturated rings. The fourth-order valence-corrected chi connectivity index (χ4v) is 2.20. The normalized spacial score (nSPS) is 12.4. The summed E-state index contributed by atoms with van der Waals surface area (Å²) < 4.78 is 65.2. The highest BCUT2D eigenvalue weighted by molar-refractivity contribution is 7.89. The van der Waals surface area contributed by atoms with Crippen molar-refractivity contribution in [2.45, 2.75) is 11.1 Å². The van der Waals surface area contributed by atoms with E-state index in [1.54, 1.807) is 0 Å². The fraction of sp³-hybridized carbons (Fsp3) is 0.455. The van der Waals surface area contributed by atoms with E-state index >= 15 is 0 Å². The molecular formula is C11H16F3N3O3S. The summed E-state index contributed by atoms with van der Waals surface area (Å²) >= 11 is 0. The van der Waals surface area contributed by atoms with Crippen molar-refractivity contribution in [3.63, 3.8) is 0 Å². The third-order valence-electron chi connectivity index (χ3n) is 2.43. The summed E-state index contributed by atoms with van der Waals surface area (Å²) in [4.78, 5) is 0.00127. The molecule has 0 atom stereocenters. The van der Waals surface area contributed by atoms with E-state index in [-0.39, 0.29) is 23.7 Å². The van der Waals surface area contributed by atoms with Gasteiger partial charge in [0.1, 0.15) is 6.61 Å². The highest BCUT2D eigenvalue weighted by Crippen LogP contribution is 2.22. The first-order chi connectivity index (χ1) is 9.65. The number of ether oxygens (including phenoxy) is 1. The van der Waals surface area contributed by atoms with E-state index in [9.17, 15) is 21.6 Å². The van der Waals surface area contributed by atoms with Crippen LogP contribution in [0.3, 0.4) is 0 Å². The van der Waals surface area contributed by atoms with E-state index in [0.717, 1.165) is 0 Å². The molecule has 0 aromatic heterocycles. The molecule has 0 spiro atoms. The second-order valence-electron chi connectivity index (χ2n) is 4.05. The SMILES string of the molecule is CNS(=O)(=O)c1ccc(NCCOCC(F)(F)F)c(N)c1. The molecule has 10 heteroatoms. The number of hydrogen-bond acceptors (Lipinski definition) is 5. The molecule has 120 valence electrons. The van der Waals surface area contributed by atoms with Gasteiger partial charge in [-0.15, -0.1) is 0 Å². The third kappa shape index (κ3) is 5.78. The Balaban J connectivity index is 2.54. The number of sulfonamides is 1. The maximum absolute atomic E-state index is 11.8. The Kier molecular flexibility index (Phi) is 5.81. The van der Waals surface area contributed by atoms with Crippen LogP contribution in [0.25, 0.3) is 0 Å². The van der Waals surface area contributed by atoms with E-state index in [1.807, 2.05) is 0 Å². The molecule has 0 bridgehead atoms. The number of alkyl halides is 3. The van der Waals surface area contributed by atoms with Crippen LogP contribution in [0.15, 0.2) is 23.1 Å². The van der Waals surface area contributed by atoms with Gasteiger partial charge in [0.05, 0.1) is 22.9 Å². The lowest BCUT2D eigenvalue weighted by molar-refractivity contribution is -0.172. The van der Waals surface area contributed by atoms with Crippen LogP contribution in [-0.2, 0) is 14.8 Å². The van der Waals surface area contributed by atoms with Crippen molar-refractivity contribution >= 4 is 21.4 Å². The molecule has 0 aliphatic rings. The zero-order chi connectivity index (χ0) is 16.1. The largest absolute Gasteiger partial charge is 0.411 e. The molecule has 0 heterocycles. The summed E-state index contributed by atoms with van der Waals surface area (Å²) in [7, 11) is -2.32. The monoisotopic (exact) mass is 327 g/mol. The highest BCUT2D eigenvalue weighted by atomic mass is 32.2. The van der Waals surface area contributed by atoms with E-state index in [0.29, 0.717) is 5.69 Å². The third-order valence-corrected chi connectivity index (χ3v) is 3.84. The number of rotatable bonds is 7. The molecule has 1 aromatic rings. The number of anilines is 2. The predicted octanol–water partition coefficient (Wildman–Crippen LogP) is 1.17. The van der Waals surface area contributed by atoms with E-state index in [2.05, 4.69) is 14.8 Å². The van der Waals surface area contributed by atoms with Crippen molar-refractivity contribution < 1.29 is 26.3 Å². The highest BCUT2D eigenvalue weighted by Gasteiger charge is 2.27. The topological polar surface area (TPSA) is 93.5 Å². The standard InChI is InChI=1S/C11H16F3N3O3S/c1-16-21(18,19)8-2-3-10(9(15)6-8)17-4-5-20-7-11(12,13)14/h2-3,6,16-17H,4-5,7,15H2,1H3. The van der Waals surface area contributed by atoms with Crippen LogP contribution in [0.1, 0.15) is 0 Å². The molecule has 21 heavy (non-hydrogen) atoms. The van der Waals surface area contributed by atoms with Crippen LogP contribution in [0.4, 0.5) is 24.5 Å². The van der Waals surface area contributed by atoms with E-state index in [1.165, 1.54) is 25.2 Å². The van der Waals surface area contributed by atoms with Crippen LogP contribution >= 0.6 is 0 Å². The Hall–Kier alpha value is -1.52. The molecule has 0 aliphatic heterocycles. The lowest BCUT2D eigenvalue weighted by atomic mass is 10.2. The van der Waals surface area contributed by atoms with Crippen LogP contribution in [-0.4, -0.2) is 41.4 Å². The van der Waals surface area contributed by atoms with Crippen LogP contribution in [0.2, 0.25) is 0 Å². The minimum absolute atomic E-state index is 0.00127. The average Bonchev–Trinajstić information content (AvgIpc) is 2.38. The van der Waals surface area contributed by atoms with Crippen molar-refractivity contribution in [2.75, 3.05) is 37.9 Å². The molecule has 0 amide bonds. The summed E-state index contributed by atoms with van der Waals surface area (Å²) in [6.45, 7) is -1.36. The quantitative estimate of drug-likeness (QED) is 0.516. The Morgan fingerprint density at radius 3 is 2.52 bits per heavy atom. The first-order valence-electron chi connectivity index (χ1n) is 5.87. The first kappa shape index (κ1) is 17.5. The molecule has 0 aliphatic carbocycles. The van der Waals surface area contributed by atoms with Crippen molar-refractivity contribution in [3.05, 3.63) is 18.2 Å². The van der Waals surface area contributed by atoms with Crippen molar-refractivity contribution in [1.82, 2.24) is 4.72 Å². The van der Waals surface area contributed by atoms with Crippen LogP contribution in [0.5, 0.6) is 0 Å². The number of nitrogen functional groups attached to an aromatic ring is 1. The van der Waals surface area contributed by atoms with Crippen molar-refractivity contribution in [2.24, 2.45) is 0 Å². The summed E-state index contributed by atoms with van der Waals surface area (Å²) in [5.41, 5.74) is 6.27. The van der Waals surface area contributed by atoms with Gasteiger partial charge in [0.25, 0.3) is 0 Å². The van der Waals surface area contributed by atoms with Gasteiger partial charge in [-0.1, -0.05) is 0 Å². The van der Waals surface area contributed by atoms with Crippen LogP contribution in [0, 0.1) is 0 Å². The second-order valence-corrected chi connectivity index (χ2v) is 5.94. The minimum Gasteiger partial charge on any atom is -0.397 e. The lowest BCUT2D eigenvalue weighted by Gasteiger charge is -2.12. The number of halogens is 3. The van der Waals surface area contributed by atoms with Crippen molar-refractivity contribution in [1.29, 1.82) is 0 Å². The summed E-state index contributed by atoms with van der Waals surface area (Å²) in [6, 6.07) is 4.02. The number of nitrogens with one attached hydrogen (secondary N) is 2. The van der Waals surface area contributed by atoms with Gasteiger partial charge in [0, 0.05) is 6.54 Å². The fourth-order valence-electron chi connectivity index (χ4n) is 1.43. The molecule has 1 aromatic carbocycles. The molecule has 4 N–H and O–H groups in total. The molecule has 0 radical (unpaired) electrons. The Bertz CT molecular complexity index is 576. The summed E-state index contributed by atoms with van der Waals surface area (Å²) in [5.74, 6) is 0. The Labute approximate surface area is 120 Å². The van der Waals surface area contributed by atoms with Gasteiger partial charge in [-0.2, -0.15) is 13.2 Å². The summed E-state index contributed by atoms with van der Waals surface area (Å²) in [5, 5.41) is 2.76. The van der Waals surface area contributed by atoms with Gasteiger partial charge in [0.2, 0.25) is 10.0 Å². The maximum Gasteiger partial charge on any atom is 0.411 e. The van der Waals surface area contributed by atoms with Gasteiger partial charge in [-0.25, -0.2) is 13.1 Å². The zero-order valence-corrected chi connectivity index (χ0v) is 12.0. The summed E-state index contributed by atoms with van der Waals surface area (Å²) in [6.07, 6.45) is -4.36. The number of benzene rings is 1. The molecular weight excluding hydrogens is 311 g/mol. The molecule has 0 saturated heterocycles. The van der Waals surface area contributed by atoms with Crippen molar-refractivity contribution in [3.8, 4) is 0 Å². The Morgan fingerprint density at radius 2 is 2.00 bits per heavy atom. The number of nitrogens with two attached hydrogens (primary N) is 1. The molecule has 6 nitrogen and oxygen atoms in total. The molecule has 0 unspecified atom stereocenters. The maximum atomic E-state index is 11.8. The molecule has 1 rings (SSSR count). The zero-order valence-electron chi connectivity index (χ0n) is 11.2. The lowest BCUT2D eigenvalue weighted by Crippen LogP contribution is -2.20. The first-order valence-corrected chi connectivity index (χ1v) is 7.35. The minimum atomic E-state index is -4.36. The van der Waals surface area contributed by atoms with Gasteiger partial charge in [0.15, 0.2) is 0 Å². The average molecular weight is 327 g/mol. The van der Waals surface area contributed by atoms with Gasteiger partial charge in [-0.05, 0) is 25.2 Å². The van der Waals surface area contributed by atoms with Gasteiger partial charge < -0.3 is 15.8 Å². The van der Waals surface area contributed by atoms with Gasteiger partial charge >= 0.3 is 6.18 Å². The number of hydrogen-bond donors (Lipinski definition) is 3. The molecule has 0 saturated carbocycles.